The molecule has 7 nitrogen and oxygen atoms in total. The summed E-state index contributed by atoms with van der Waals surface area (Å²) in [6.07, 6.45) is 4.29. The molecule has 0 radical (unpaired) electrons. The summed E-state index contributed by atoms with van der Waals surface area (Å²) in [4.78, 5) is 17.1. The molecule has 3 rings (SSSR count). The number of aromatic nitrogens is 2. The minimum atomic E-state index is -3.45. The molecule has 0 atom stereocenters. The maximum Gasteiger partial charge on any atom is 0.253 e. The Hall–Kier alpha value is -1.93. The maximum atomic E-state index is 12.8. The monoisotopic (exact) mass is 383 g/mol. The zero-order valence-electron chi connectivity index (χ0n) is 13.9. The van der Waals surface area contributed by atoms with Crippen LogP contribution in [0.1, 0.15) is 47.8 Å². The number of carbonyl (C=O) groups is 1. The maximum absolute atomic E-state index is 12.8. The van der Waals surface area contributed by atoms with Crippen molar-refractivity contribution in [1.29, 1.82) is 0 Å². The normalized spacial score (nSPS) is 16.8. The lowest BCUT2D eigenvalue weighted by Gasteiger charge is -2.27. The Morgan fingerprint density at radius 1 is 1.32 bits per heavy atom. The number of rotatable bonds is 4. The Morgan fingerprint density at radius 3 is 2.56 bits per heavy atom. The Morgan fingerprint density at radius 2 is 2.00 bits per heavy atom. The third-order valence-corrected chi connectivity index (χ3v) is 5.82. The molecule has 0 saturated heterocycles. The van der Waals surface area contributed by atoms with Gasteiger partial charge in [0.2, 0.25) is 5.89 Å². The second-order valence-corrected chi connectivity index (χ2v) is 8.72. The van der Waals surface area contributed by atoms with Gasteiger partial charge in [-0.2, -0.15) is 4.98 Å². The molecule has 1 saturated carbocycles. The number of hydrogen-bond acceptors (Lipinski definition) is 6. The van der Waals surface area contributed by atoms with Crippen LogP contribution in [-0.4, -0.2) is 30.7 Å². The molecule has 1 aliphatic rings. The van der Waals surface area contributed by atoms with E-state index in [4.69, 9.17) is 16.1 Å². The summed E-state index contributed by atoms with van der Waals surface area (Å²) < 4.78 is 28.5. The van der Waals surface area contributed by atoms with Crippen LogP contribution in [0.5, 0.6) is 0 Å². The third kappa shape index (κ3) is 3.55. The lowest BCUT2D eigenvalue weighted by molar-refractivity contribution is 0.0892. The predicted octanol–water partition coefficient (Wildman–Crippen LogP) is 2.63. The van der Waals surface area contributed by atoms with Gasteiger partial charge in [0.25, 0.3) is 5.91 Å². The van der Waals surface area contributed by atoms with Gasteiger partial charge in [0, 0.05) is 13.2 Å². The molecule has 1 fully saturated rings. The predicted molar refractivity (Wildman–Crippen MR) is 91.2 cm³/mol. The second-order valence-electron chi connectivity index (χ2n) is 6.29. The lowest BCUT2D eigenvalue weighted by atomic mass is 9.96. The van der Waals surface area contributed by atoms with E-state index in [0.717, 1.165) is 19.1 Å². The van der Waals surface area contributed by atoms with Crippen molar-refractivity contribution in [2.75, 3.05) is 6.26 Å². The fraction of sp³-hybridized carbons (Fsp3) is 0.438. The van der Waals surface area contributed by atoms with Crippen LogP contribution in [0.25, 0.3) is 0 Å². The van der Waals surface area contributed by atoms with E-state index in [-0.39, 0.29) is 15.5 Å². The number of nitrogens with zero attached hydrogens (tertiary/aromatic N) is 2. The van der Waals surface area contributed by atoms with Gasteiger partial charge in [-0.05, 0) is 31.0 Å². The smallest absolute Gasteiger partial charge is 0.253 e. The number of aryl methyl sites for hydroxylation is 1. The van der Waals surface area contributed by atoms with Crippen molar-refractivity contribution in [2.45, 2.75) is 43.0 Å². The van der Waals surface area contributed by atoms with Crippen LogP contribution < -0.4 is 5.32 Å². The molecule has 0 aliphatic heterocycles. The summed E-state index contributed by atoms with van der Waals surface area (Å²) in [5.41, 5.74) is -0.615. The van der Waals surface area contributed by atoms with Crippen molar-refractivity contribution in [2.24, 2.45) is 0 Å². The average Bonchev–Trinajstić information content (AvgIpc) is 3.16. The average molecular weight is 384 g/mol. The summed E-state index contributed by atoms with van der Waals surface area (Å²) in [6.45, 7) is 1.69. The molecule has 1 heterocycles. The second kappa shape index (κ2) is 6.42. The first kappa shape index (κ1) is 17.9. The van der Waals surface area contributed by atoms with Crippen molar-refractivity contribution in [1.82, 2.24) is 15.5 Å². The first-order valence-corrected chi connectivity index (χ1v) is 10.1. The van der Waals surface area contributed by atoms with E-state index in [1.54, 1.807) is 6.92 Å². The fourth-order valence-corrected chi connectivity index (χ4v) is 3.92. The van der Waals surface area contributed by atoms with E-state index < -0.39 is 21.3 Å². The number of halogens is 1. The minimum absolute atomic E-state index is 0.0397. The van der Waals surface area contributed by atoms with Crippen molar-refractivity contribution < 1.29 is 17.7 Å². The molecule has 9 heteroatoms. The highest BCUT2D eigenvalue weighted by molar-refractivity contribution is 7.90. The van der Waals surface area contributed by atoms with Gasteiger partial charge in [-0.25, -0.2) is 8.42 Å². The van der Waals surface area contributed by atoms with Gasteiger partial charge in [-0.3, -0.25) is 4.79 Å². The van der Waals surface area contributed by atoms with Gasteiger partial charge in [0.05, 0.1) is 15.5 Å². The molecule has 1 amide bonds. The van der Waals surface area contributed by atoms with Gasteiger partial charge in [-0.15, -0.1) is 0 Å². The molecule has 0 spiro atoms. The molecule has 1 aliphatic carbocycles. The quantitative estimate of drug-likeness (QED) is 0.870. The van der Waals surface area contributed by atoms with E-state index in [2.05, 4.69) is 15.5 Å². The highest BCUT2D eigenvalue weighted by Gasteiger charge is 2.41. The standard InChI is InChI=1S/C16H18ClN3O4S/c1-10-18-15(20-24-10)16(7-3-4-8-16)19-14(21)12-9-11(25(2,22)23)5-6-13(12)17/h5-6,9H,3-4,7-8H2,1-2H3,(H,19,21). The van der Waals surface area contributed by atoms with Gasteiger partial charge in [-0.1, -0.05) is 29.6 Å². The molecule has 1 aromatic heterocycles. The molecule has 1 N–H and O–H groups in total. The topological polar surface area (TPSA) is 102 Å². The lowest BCUT2D eigenvalue weighted by Crippen LogP contribution is -2.44. The van der Waals surface area contributed by atoms with E-state index in [1.807, 2.05) is 0 Å². The van der Waals surface area contributed by atoms with Gasteiger partial charge >= 0.3 is 0 Å². The van der Waals surface area contributed by atoms with E-state index in [1.165, 1.54) is 18.2 Å². The molecule has 2 aromatic rings. The number of benzene rings is 1. The zero-order valence-corrected chi connectivity index (χ0v) is 15.4. The molecule has 1 aromatic carbocycles. The van der Waals surface area contributed by atoms with Crippen LogP contribution in [-0.2, 0) is 15.4 Å². The van der Waals surface area contributed by atoms with Crippen LogP contribution in [0.15, 0.2) is 27.6 Å². The summed E-state index contributed by atoms with van der Waals surface area (Å²) in [5.74, 6) is 0.402. The van der Waals surface area contributed by atoms with Crippen LogP contribution in [0.2, 0.25) is 5.02 Å². The number of sulfone groups is 1. The van der Waals surface area contributed by atoms with Gasteiger partial charge in [0.1, 0.15) is 5.54 Å². The van der Waals surface area contributed by atoms with E-state index in [9.17, 15) is 13.2 Å². The van der Waals surface area contributed by atoms with Crippen LogP contribution in [0.4, 0.5) is 0 Å². The summed E-state index contributed by atoms with van der Waals surface area (Å²) in [5, 5.41) is 7.10. The SMILES string of the molecule is Cc1nc(C2(NC(=O)c3cc(S(C)(=O)=O)ccc3Cl)CCCC2)no1. The Kier molecular flexibility index (Phi) is 4.59. The Bertz CT molecular complexity index is 917. The minimum Gasteiger partial charge on any atom is -0.340 e. The molecule has 134 valence electrons. The fourth-order valence-electron chi connectivity index (χ4n) is 3.07. The summed E-state index contributed by atoms with van der Waals surface area (Å²) in [7, 11) is -3.45. The molecule has 0 unspecified atom stereocenters. The summed E-state index contributed by atoms with van der Waals surface area (Å²) >= 11 is 6.12. The Balaban J connectivity index is 1.95. The zero-order chi connectivity index (χ0) is 18.2. The van der Waals surface area contributed by atoms with Crippen molar-refractivity contribution in [3.8, 4) is 0 Å². The van der Waals surface area contributed by atoms with Crippen LogP contribution in [0.3, 0.4) is 0 Å². The number of hydrogen-bond donors (Lipinski definition) is 1. The molecular formula is C16H18ClN3O4S. The largest absolute Gasteiger partial charge is 0.340 e. The van der Waals surface area contributed by atoms with E-state index in [0.29, 0.717) is 24.6 Å². The van der Waals surface area contributed by atoms with E-state index >= 15 is 0 Å². The first-order valence-electron chi connectivity index (χ1n) is 7.84. The third-order valence-electron chi connectivity index (χ3n) is 4.38. The van der Waals surface area contributed by atoms with Crippen LogP contribution >= 0.6 is 11.6 Å². The molecular weight excluding hydrogens is 366 g/mol. The van der Waals surface area contributed by atoms with Crippen molar-refractivity contribution in [3.63, 3.8) is 0 Å². The molecule has 25 heavy (non-hydrogen) atoms. The van der Waals surface area contributed by atoms with Gasteiger partial charge < -0.3 is 9.84 Å². The first-order chi connectivity index (χ1) is 11.7. The van der Waals surface area contributed by atoms with Crippen LogP contribution in [0, 0.1) is 6.92 Å². The Labute approximate surface area is 150 Å². The summed E-state index contributed by atoms with van der Waals surface area (Å²) in [6, 6.07) is 4.08. The van der Waals surface area contributed by atoms with Crippen molar-refractivity contribution in [3.05, 3.63) is 40.5 Å². The number of carbonyl (C=O) groups excluding carboxylic acids is 1. The highest BCUT2D eigenvalue weighted by atomic mass is 35.5. The van der Waals surface area contributed by atoms with Crippen molar-refractivity contribution >= 4 is 27.3 Å². The molecule has 0 bridgehead atoms. The van der Waals surface area contributed by atoms with Gasteiger partial charge in [0.15, 0.2) is 15.7 Å². The number of amides is 1. The number of nitrogens with one attached hydrogen (secondary N) is 1. The highest BCUT2D eigenvalue weighted by Crippen LogP contribution is 2.37.